The third-order valence-electron chi connectivity index (χ3n) is 2.70. The van der Waals surface area contributed by atoms with E-state index in [-0.39, 0.29) is 0 Å². The number of ether oxygens (including phenoxy) is 1. The Morgan fingerprint density at radius 1 is 1.47 bits per heavy atom. The third kappa shape index (κ3) is 3.76. The van der Waals surface area contributed by atoms with Crippen LogP contribution in [0.1, 0.15) is 0 Å². The first-order valence-corrected chi connectivity index (χ1v) is 6.36. The monoisotopic (exact) mass is 284 g/mol. The number of anilines is 1. The third-order valence-corrected chi connectivity index (χ3v) is 2.89. The zero-order chi connectivity index (χ0) is 13.7. The van der Waals surface area contributed by atoms with Crippen molar-refractivity contribution in [1.82, 2.24) is 24.5 Å². The summed E-state index contributed by atoms with van der Waals surface area (Å²) in [6.45, 7) is 3.29. The molecule has 2 heterocycles. The van der Waals surface area contributed by atoms with Gasteiger partial charge in [0.1, 0.15) is 17.3 Å². The van der Waals surface area contributed by atoms with Gasteiger partial charge in [0, 0.05) is 32.8 Å². The Hall–Kier alpha value is -1.44. The molecule has 0 fully saturated rings. The molecule has 1 N–H and O–H groups in total. The number of likely N-dealkylation sites (N-methyl/N-ethyl adjacent to an activating group) is 1. The zero-order valence-electron chi connectivity index (χ0n) is 11.0. The van der Waals surface area contributed by atoms with Gasteiger partial charge >= 0.3 is 0 Å². The fraction of sp³-hybridized carbons (Fsp3) is 0.545. The minimum Gasteiger partial charge on any atom is -0.383 e. The molecule has 0 unspecified atom stereocenters. The molecule has 8 heteroatoms. The van der Waals surface area contributed by atoms with Crippen LogP contribution in [0.3, 0.4) is 0 Å². The van der Waals surface area contributed by atoms with Gasteiger partial charge in [-0.1, -0.05) is 11.6 Å². The number of methoxy groups -OCH3 is 1. The number of nitrogens with zero attached hydrogens (tertiary/aromatic N) is 5. The fourth-order valence-electron chi connectivity index (χ4n) is 1.64. The van der Waals surface area contributed by atoms with Gasteiger partial charge in [0.25, 0.3) is 5.78 Å². The summed E-state index contributed by atoms with van der Waals surface area (Å²) in [5.74, 6) is 1.27. The molecule has 0 amide bonds. The summed E-state index contributed by atoms with van der Waals surface area (Å²) in [5.41, 5.74) is 0. The highest BCUT2D eigenvalue weighted by Gasteiger charge is 2.06. The molecule has 0 bridgehead atoms. The topological polar surface area (TPSA) is 67.6 Å². The molecule has 0 aliphatic carbocycles. The molecule has 2 rings (SSSR count). The van der Waals surface area contributed by atoms with E-state index in [1.165, 1.54) is 6.33 Å². The van der Waals surface area contributed by atoms with Crippen LogP contribution in [-0.2, 0) is 4.74 Å². The van der Waals surface area contributed by atoms with Crippen LogP contribution in [0.15, 0.2) is 12.4 Å². The van der Waals surface area contributed by atoms with Crippen molar-refractivity contribution < 1.29 is 4.74 Å². The van der Waals surface area contributed by atoms with Gasteiger partial charge in [0.2, 0.25) is 0 Å². The number of aromatic nitrogens is 4. The standard InChI is InChI=1S/C11H17ClN6O/c1-17(5-6-19-2)4-3-13-10-7-9(12)16-11-14-8-15-18(10)11/h7-8,13H,3-6H2,1-2H3. The van der Waals surface area contributed by atoms with Crippen molar-refractivity contribution >= 4 is 23.2 Å². The number of nitrogens with one attached hydrogen (secondary N) is 1. The average molecular weight is 285 g/mol. The van der Waals surface area contributed by atoms with Gasteiger partial charge in [-0.05, 0) is 7.05 Å². The van der Waals surface area contributed by atoms with Crippen LogP contribution in [0.2, 0.25) is 5.15 Å². The van der Waals surface area contributed by atoms with Gasteiger partial charge in [-0.25, -0.2) is 0 Å². The Morgan fingerprint density at radius 3 is 3.11 bits per heavy atom. The van der Waals surface area contributed by atoms with Crippen molar-refractivity contribution in [2.75, 3.05) is 45.7 Å². The van der Waals surface area contributed by atoms with E-state index in [0.29, 0.717) is 10.9 Å². The molecular formula is C11H17ClN6O. The summed E-state index contributed by atoms with van der Waals surface area (Å²) in [6.07, 6.45) is 1.45. The highest BCUT2D eigenvalue weighted by molar-refractivity contribution is 6.29. The number of rotatable bonds is 7. The lowest BCUT2D eigenvalue weighted by Gasteiger charge is -2.16. The van der Waals surface area contributed by atoms with E-state index in [0.717, 1.165) is 32.1 Å². The Morgan fingerprint density at radius 2 is 2.32 bits per heavy atom. The molecule has 0 atom stereocenters. The molecule has 0 spiro atoms. The van der Waals surface area contributed by atoms with Crippen molar-refractivity contribution in [1.29, 1.82) is 0 Å². The van der Waals surface area contributed by atoms with Gasteiger partial charge in [-0.2, -0.15) is 19.6 Å². The first kappa shape index (κ1) is 14.0. The fourth-order valence-corrected chi connectivity index (χ4v) is 1.82. The number of fused-ring (bicyclic) bond motifs is 1. The molecular weight excluding hydrogens is 268 g/mol. The van der Waals surface area contributed by atoms with Crippen LogP contribution in [-0.4, -0.2) is 64.9 Å². The van der Waals surface area contributed by atoms with E-state index in [1.807, 2.05) is 7.05 Å². The average Bonchev–Trinajstić information content (AvgIpc) is 2.84. The molecule has 19 heavy (non-hydrogen) atoms. The SMILES string of the molecule is COCCN(C)CCNc1cc(Cl)nc2ncnn12. The minimum atomic E-state index is 0.399. The molecule has 0 aromatic carbocycles. The van der Waals surface area contributed by atoms with Gasteiger partial charge in [-0.15, -0.1) is 0 Å². The second kappa shape index (κ2) is 6.65. The summed E-state index contributed by atoms with van der Waals surface area (Å²) in [4.78, 5) is 10.3. The molecule has 7 nitrogen and oxygen atoms in total. The Bertz CT molecular complexity index is 531. The maximum Gasteiger partial charge on any atom is 0.255 e. The lowest BCUT2D eigenvalue weighted by Crippen LogP contribution is -2.28. The van der Waals surface area contributed by atoms with E-state index in [2.05, 4.69) is 25.3 Å². The van der Waals surface area contributed by atoms with Gasteiger partial charge in [0.15, 0.2) is 0 Å². The van der Waals surface area contributed by atoms with Crippen LogP contribution >= 0.6 is 11.6 Å². The van der Waals surface area contributed by atoms with E-state index in [1.54, 1.807) is 17.7 Å². The predicted molar refractivity (Wildman–Crippen MR) is 73.7 cm³/mol. The minimum absolute atomic E-state index is 0.399. The van der Waals surface area contributed by atoms with Crippen LogP contribution in [0.4, 0.5) is 5.82 Å². The first-order valence-electron chi connectivity index (χ1n) is 5.98. The first-order chi connectivity index (χ1) is 9.20. The van der Waals surface area contributed by atoms with Crippen molar-refractivity contribution in [2.24, 2.45) is 0 Å². The lowest BCUT2D eigenvalue weighted by atomic mass is 10.5. The smallest absolute Gasteiger partial charge is 0.255 e. The number of hydrogen-bond acceptors (Lipinski definition) is 6. The van der Waals surface area contributed by atoms with E-state index in [9.17, 15) is 0 Å². The molecule has 0 radical (unpaired) electrons. The molecule has 0 aliphatic rings. The Kier molecular flexibility index (Phi) is 4.89. The Labute approximate surface area is 116 Å². The number of hydrogen-bond donors (Lipinski definition) is 1. The quantitative estimate of drug-likeness (QED) is 0.758. The molecule has 0 saturated heterocycles. The van der Waals surface area contributed by atoms with Crippen molar-refractivity contribution in [3.8, 4) is 0 Å². The van der Waals surface area contributed by atoms with Crippen LogP contribution in [0.5, 0.6) is 0 Å². The summed E-state index contributed by atoms with van der Waals surface area (Å²) in [6, 6.07) is 1.73. The second-order valence-corrected chi connectivity index (χ2v) is 4.55. The van der Waals surface area contributed by atoms with Gasteiger partial charge < -0.3 is 15.0 Å². The zero-order valence-corrected chi connectivity index (χ0v) is 11.8. The lowest BCUT2D eigenvalue weighted by molar-refractivity contribution is 0.163. The van der Waals surface area contributed by atoms with E-state index >= 15 is 0 Å². The maximum absolute atomic E-state index is 5.93. The predicted octanol–water partition coefficient (Wildman–Crippen LogP) is 0.768. The van der Waals surface area contributed by atoms with Crippen LogP contribution in [0.25, 0.3) is 5.78 Å². The van der Waals surface area contributed by atoms with Crippen LogP contribution < -0.4 is 5.32 Å². The van der Waals surface area contributed by atoms with Crippen molar-refractivity contribution in [2.45, 2.75) is 0 Å². The van der Waals surface area contributed by atoms with E-state index in [4.69, 9.17) is 16.3 Å². The second-order valence-electron chi connectivity index (χ2n) is 4.16. The van der Waals surface area contributed by atoms with E-state index < -0.39 is 0 Å². The molecule has 2 aromatic heterocycles. The van der Waals surface area contributed by atoms with Crippen molar-refractivity contribution in [3.63, 3.8) is 0 Å². The highest BCUT2D eigenvalue weighted by Crippen LogP contribution is 2.13. The molecule has 0 saturated carbocycles. The summed E-state index contributed by atoms with van der Waals surface area (Å²) in [5, 5.41) is 7.77. The summed E-state index contributed by atoms with van der Waals surface area (Å²) in [7, 11) is 3.75. The Balaban J connectivity index is 1.92. The normalized spacial score (nSPS) is 11.4. The highest BCUT2D eigenvalue weighted by atomic mass is 35.5. The van der Waals surface area contributed by atoms with Crippen LogP contribution in [0, 0.1) is 0 Å². The summed E-state index contributed by atoms with van der Waals surface area (Å²) >= 11 is 5.93. The maximum atomic E-state index is 5.93. The molecule has 0 aliphatic heterocycles. The summed E-state index contributed by atoms with van der Waals surface area (Å²) < 4.78 is 6.66. The largest absolute Gasteiger partial charge is 0.383 e. The molecule has 2 aromatic rings. The molecule has 104 valence electrons. The van der Waals surface area contributed by atoms with Gasteiger partial charge in [0.05, 0.1) is 6.61 Å². The van der Waals surface area contributed by atoms with Crippen molar-refractivity contribution in [3.05, 3.63) is 17.5 Å². The van der Waals surface area contributed by atoms with Gasteiger partial charge in [-0.3, -0.25) is 0 Å². The number of halogens is 1.